The summed E-state index contributed by atoms with van der Waals surface area (Å²) in [5, 5.41) is 8.85. The van der Waals surface area contributed by atoms with Crippen LogP contribution in [0.5, 0.6) is 5.75 Å². The molecule has 6 heteroatoms. The number of rotatable bonds is 4. The second kappa shape index (κ2) is 9.72. The zero-order valence-corrected chi connectivity index (χ0v) is 27.0. The highest BCUT2D eigenvalue weighted by Gasteiger charge is 2.60. The summed E-state index contributed by atoms with van der Waals surface area (Å²) < 4.78 is 6.73. The standard InChI is InChI=1S/C35H48N2O3Si/c1-33(2,3)41(6,7)40-29-13-9-10-22-23(29)11-8-12-28(22)36-32(39)27-16-15-25-24-14-17-30-35(5,21-19-31(38)37-30)26(24)18-20-34(25,27)4/h8-13,19,21,24-27,30H,14-18,20H2,1-7H3,(H,36,39)(H,37,38)/t24-,25-,26-,27+,30+,34-,35+/m0/s1. The Morgan fingerprint density at radius 1 is 0.976 bits per heavy atom. The van der Waals surface area contributed by atoms with Crippen molar-refractivity contribution in [2.24, 2.45) is 34.5 Å². The van der Waals surface area contributed by atoms with Gasteiger partial charge in [-0.15, -0.1) is 0 Å². The van der Waals surface area contributed by atoms with Crippen molar-refractivity contribution < 1.29 is 14.0 Å². The van der Waals surface area contributed by atoms with Crippen molar-refractivity contribution in [3.05, 3.63) is 48.6 Å². The highest BCUT2D eigenvalue weighted by molar-refractivity contribution is 6.74. The van der Waals surface area contributed by atoms with Gasteiger partial charge in [0.25, 0.3) is 8.32 Å². The average molecular weight is 573 g/mol. The second-order valence-corrected chi connectivity index (χ2v) is 20.1. The Balaban J connectivity index is 1.23. The van der Waals surface area contributed by atoms with Gasteiger partial charge in [-0.2, -0.15) is 0 Å². The third kappa shape index (κ3) is 4.56. The number of fused-ring (bicyclic) bond motifs is 6. The molecule has 1 aliphatic heterocycles. The maximum Gasteiger partial charge on any atom is 0.250 e. The smallest absolute Gasteiger partial charge is 0.250 e. The summed E-state index contributed by atoms with van der Waals surface area (Å²) in [7, 11) is -2.01. The molecular formula is C35H48N2O3Si. The number of nitrogens with one attached hydrogen (secondary N) is 2. The van der Waals surface area contributed by atoms with Crippen molar-refractivity contribution in [2.75, 3.05) is 5.32 Å². The summed E-state index contributed by atoms with van der Waals surface area (Å²) >= 11 is 0. The van der Waals surface area contributed by atoms with Crippen molar-refractivity contribution >= 4 is 36.6 Å². The van der Waals surface area contributed by atoms with E-state index >= 15 is 0 Å². The van der Waals surface area contributed by atoms with Gasteiger partial charge in [-0.25, -0.2) is 0 Å². The summed E-state index contributed by atoms with van der Waals surface area (Å²) in [5.41, 5.74) is 0.910. The lowest BCUT2D eigenvalue weighted by atomic mass is 9.48. The number of carbonyl (C=O) groups excluding carboxylic acids is 2. The summed E-state index contributed by atoms with van der Waals surface area (Å²) in [6.07, 6.45) is 10.4. The van der Waals surface area contributed by atoms with E-state index in [0.29, 0.717) is 17.8 Å². The molecule has 2 aromatic carbocycles. The average Bonchev–Trinajstić information content (AvgIpc) is 3.26. The van der Waals surface area contributed by atoms with Crippen LogP contribution < -0.4 is 15.1 Å². The normalized spacial score (nSPS) is 34.8. The first-order valence-electron chi connectivity index (χ1n) is 15.8. The molecule has 0 bridgehead atoms. The molecule has 0 spiro atoms. The maximum absolute atomic E-state index is 14.1. The van der Waals surface area contributed by atoms with Gasteiger partial charge < -0.3 is 15.1 Å². The van der Waals surface area contributed by atoms with E-state index in [2.05, 4.69) is 82.6 Å². The van der Waals surface area contributed by atoms with E-state index in [-0.39, 0.29) is 39.6 Å². The minimum absolute atomic E-state index is 0.0112. The third-order valence-corrected chi connectivity index (χ3v) is 16.7. The van der Waals surface area contributed by atoms with E-state index in [1.54, 1.807) is 6.08 Å². The van der Waals surface area contributed by atoms with E-state index in [4.69, 9.17) is 4.43 Å². The molecule has 3 fully saturated rings. The highest BCUT2D eigenvalue weighted by Crippen LogP contribution is 2.65. The second-order valence-electron chi connectivity index (χ2n) is 15.4. The Morgan fingerprint density at radius 2 is 1.71 bits per heavy atom. The molecule has 2 N–H and O–H groups in total. The minimum atomic E-state index is -2.01. The van der Waals surface area contributed by atoms with Gasteiger partial charge >= 0.3 is 0 Å². The quantitative estimate of drug-likeness (QED) is 0.364. The first-order chi connectivity index (χ1) is 19.2. The molecule has 6 rings (SSSR count). The molecule has 0 radical (unpaired) electrons. The van der Waals surface area contributed by atoms with Crippen molar-refractivity contribution in [2.45, 2.75) is 97.3 Å². The van der Waals surface area contributed by atoms with Gasteiger partial charge in [0.2, 0.25) is 11.8 Å². The van der Waals surface area contributed by atoms with Gasteiger partial charge in [-0.05, 0) is 98.0 Å². The van der Waals surface area contributed by atoms with E-state index < -0.39 is 8.32 Å². The number of amides is 2. The minimum Gasteiger partial charge on any atom is -0.543 e. The van der Waals surface area contributed by atoms with Crippen LogP contribution in [0.25, 0.3) is 10.8 Å². The number of hydrogen-bond acceptors (Lipinski definition) is 3. The van der Waals surface area contributed by atoms with E-state index in [1.165, 1.54) is 0 Å². The number of carbonyl (C=O) groups is 2. The van der Waals surface area contributed by atoms with Crippen LogP contribution in [0.2, 0.25) is 18.1 Å². The monoisotopic (exact) mass is 572 g/mol. The Labute approximate surface area is 247 Å². The molecule has 41 heavy (non-hydrogen) atoms. The van der Waals surface area contributed by atoms with Crippen LogP contribution >= 0.6 is 0 Å². The Morgan fingerprint density at radius 3 is 2.46 bits per heavy atom. The van der Waals surface area contributed by atoms with E-state index in [9.17, 15) is 9.59 Å². The van der Waals surface area contributed by atoms with Crippen LogP contribution in [0.4, 0.5) is 5.69 Å². The topological polar surface area (TPSA) is 67.4 Å². The predicted molar refractivity (Wildman–Crippen MR) is 169 cm³/mol. The van der Waals surface area contributed by atoms with Crippen LogP contribution in [0.1, 0.15) is 73.1 Å². The fraction of sp³-hybridized carbons (Fsp3) is 0.600. The maximum atomic E-state index is 14.1. The van der Waals surface area contributed by atoms with Crippen LogP contribution in [0, 0.1) is 34.5 Å². The number of anilines is 1. The lowest BCUT2D eigenvalue weighted by molar-refractivity contribution is -0.129. The summed E-state index contributed by atoms with van der Waals surface area (Å²) in [6, 6.07) is 12.6. The molecule has 0 saturated heterocycles. The zero-order chi connectivity index (χ0) is 29.4. The van der Waals surface area contributed by atoms with E-state index in [0.717, 1.165) is 60.7 Å². The first kappa shape index (κ1) is 28.5. The Hall–Kier alpha value is -2.60. The predicted octanol–water partition coefficient (Wildman–Crippen LogP) is 8.08. The molecule has 3 saturated carbocycles. The van der Waals surface area contributed by atoms with Gasteiger partial charge in [0.1, 0.15) is 5.75 Å². The van der Waals surface area contributed by atoms with Gasteiger partial charge in [0, 0.05) is 33.8 Å². The molecule has 0 unspecified atom stereocenters. The van der Waals surface area contributed by atoms with Gasteiger partial charge in [0.15, 0.2) is 0 Å². The van der Waals surface area contributed by atoms with Crippen molar-refractivity contribution in [1.82, 2.24) is 5.32 Å². The van der Waals surface area contributed by atoms with Gasteiger partial charge in [0.05, 0.1) is 0 Å². The zero-order valence-electron chi connectivity index (χ0n) is 26.0. The van der Waals surface area contributed by atoms with Crippen molar-refractivity contribution in [3.63, 3.8) is 0 Å². The number of benzene rings is 2. The molecular weight excluding hydrogens is 524 g/mol. The molecule has 2 amide bonds. The van der Waals surface area contributed by atoms with Crippen LogP contribution in [0.15, 0.2) is 48.6 Å². The van der Waals surface area contributed by atoms with Crippen LogP contribution in [0.3, 0.4) is 0 Å². The van der Waals surface area contributed by atoms with Crippen molar-refractivity contribution in [3.8, 4) is 5.75 Å². The Kier molecular flexibility index (Phi) is 6.76. The molecule has 220 valence electrons. The SMILES string of the molecule is CC(C)(C)[Si](C)(C)Oc1cccc2c(NC(=O)[C@H]3CC[C@H]4[C@@H]5CC[C@H]6NC(=O)C=C[C@]6(C)[C@H]5CC[C@]34C)cccc12. The fourth-order valence-electron chi connectivity index (χ4n) is 8.89. The summed E-state index contributed by atoms with van der Waals surface area (Å²) in [4.78, 5) is 26.1. The highest BCUT2D eigenvalue weighted by atomic mass is 28.4. The largest absolute Gasteiger partial charge is 0.543 e. The molecule has 1 heterocycles. The van der Waals surface area contributed by atoms with Crippen LogP contribution in [-0.4, -0.2) is 26.2 Å². The molecule has 3 aliphatic carbocycles. The molecule has 5 nitrogen and oxygen atoms in total. The summed E-state index contributed by atoms with van der Waals surface area (Å²) in [6.45, 7) is 16.1. The number of hydrogen-bond donors (Lipinski definition) is 2. The fourth-order valence-corrected chi connectivity index (χ4v) is 9.93. The lowest BCUT2D eigenvalue weighted by Gasteiger charge is -2.58. The summed E-state index contributed by atoms with van der Waals surface area (Å²) in [5.74, 6) is 2.88. The Bertz CT molecular complexity index is 1410. The lowest BCUT2D eigenvalue weighted by Crippen LogP contribution is -2.59. The molecule has 7 atom stereocenters. The molecule has 0 aromatic heterocycles. The van der Waals surface area contributed by atoms with Crippen LogP contribution in [-0.2, 0) is 9.59 Å². The third-order valence-electron chi connectivity index (χ3n) is 12.3. The van der Waals surface area contributed by atoms with Gasteiger partial charge in [-0.3, -0.25) is 9.59 Å². The molecule has 4 aliphatic rings. The van der Waals surface area contributed by atoms with Gasteiger partial charge in [-0.1, -0.05) is 65.0 Å². The first-order valence-corrected chi connectivity index (χ1v) is 18.7. The van der Waals surface area contributed by atoms with Crippen molar-refractivity contribution in [1.29, 1.82) is 0 Å². The van der Waals surface area contributed by atoms with E-state index in [1.807, 2.05) is 18.2 Å². The molecule has 2 aromatic rings.